The van der Waals surface area contributed by atoms with E-state index in [1.165, 1.54) is 0 Å². The first-order valence-electron chi connectivity index (χ1n) is 5.88. The first kappa shape index (κ1) is 12.9. The van der Waals surface area contributed by atoms with Crippen molar-refractivity contribution in [3.8, 4) is 11.5 Å². The maximum atomic E-state index is 12.0. The van der Waals surface area contributed by atoms with E-state index < -0.39 is 0 Å². The molecule has 18 heavy (non-hydrogen) atoms. The number of ether oxygens (including phenoxy) is 3. The molecule has 0 radical (unpaired) electrons. The quantitative estimate of drug-likeness (QED) is 0.791. The van der Waals surface area contributed by atoms with E-state index in [1.54, 1.807) is 25.3 Å². The lowest BCUT2D eigenvalue weighted by Crippen LogP contribution is -2.28. The minimum absolute atomic E-state index is 0.0171. The van der Waals surface area contributed by atoms with Gasteiger partial charge in [-0.1, -0.05) is 0 Å². The zero-order chi connectivity index (χ0) is 13.0. The molecular weight excluding hydrogens is 234 g/mol. The number of hydrogen-bond acceptors (Lipinski definition) is 5. The topological polar surface area (TPSA) is 70.8 Å². The van der Waals surface area contributed by atoms with Gasteiger partial charge >= 0.3 is 0 Å². The Labute approximate surface area is 106 Å². The van der Waals surface area contributed by atoms with Crippen LogP contribution < -0.4 is 15.2 Å². The van der Waals surface area contributed by atoms with Gasteiger partial charge in [-0.3, -0.25) is 4.79 Å². The van der Waals surface area contributed by atoms with E-state index in [2.05, 4.69) is 0 Å². The molecule has 0 saturated carbocycles. The lowest BCUT2D eigenvalue weighted by atomic mass is 10.0. The Hall–Kier alpha value is -1.59. The average molecular weight is 251 g/mol. The summed E-state index contributed by atoms with van der Waals surface area (Å²) >= 11 is 0. The SMILES string of the molecule is COCC(N)CC(=O)c1ccc2c(c1)OCCO2. The van der Waals surface area contributed by atoms with Crippen molar-refractivity contribution < 1.29 is 19.0 Å². The van der Waals surface area contributed by atoms with Gasteiger partial charge in [-0.05, 0) is 18.2 Å². The number of rotatable bonds is 5. The summed E-state index contributed by atoms with van der Waals surface area (Å²) in [6.07, 6.45) is 0.257. The minimum atomic E-state index is -0.282. The molecule has 0 spiro atoms. The van der Waals surface area contributed by atoms with Crippen molar-refractivity contribution in [3.63, 3.8) is 0 Å². The maximum absolute atomic E-state index is 12.0. The number of fused-ring (bicyclic) bond motifs is 1. The van der Waals surface area contributed by atoms with E-state index in [-0.39, 0.29) is 18.2 Å². The van der Waals surface area contributed by atoms with Crippen LogP contribution in [-0.4, -0.2) is 38.8 Å². The summed E-state index contributed by atoms with van der Waals surface area (Å²) in [6, 6.07) is 4.91. The van der Waals surface area contributed by atoms with Crippen LogP contribution in [0.1, 0.15) is 16.8 Å². The monoisotopic (exact) mass is 251 g/mol. The molecule has 98 valence electrons. The maximum Gasteiger partial charge on any atom is 0.164 e. The van der Waals surface area contributed by atoms with Crippen molar-refractivity contribution in [3.05, 3.63) is 23.8 Å². The Morgan fingerprint density at radius 1 is 1.39 bits per heavy atom. The summed E-state index contributed by atoms with van der Waals surface area (Å²) in [5.41, 5.74) is 6.35. The first-order chi connectivity index (χ1) is 8.70. The molecule has 0 bridgehead atoms. The molecule has 0 saturated heterocycles. The zero-order valence-corrected chi connectivity index (χ0v) is 10.3. The second kappa shape index (κ2) is 5.84. The third kappa shape index (κ3) is 3.00. The molecule has 1 aliphatic heterocycles. The number of methoxy groups -OCH3 is 1. The Balaban J connectivity index is 2.06. The van der Waals surface area contributed by atoms with Crippen molar-refractivity contribution in [2.24, 2.45) is 5.73 Å². The van der Waals surface area contributed by atoms with Gasteiger partial charge in [0.25, 0.3) is 0 Å². The van der Waals surface area contributed by atoms with E-state index in [9.17, 15) is 4.79 Å². The summed E-state index contributed by atoms with van der Waals surface area (Å²) in [7, 11) is 1.56. The third-order valence-corrected chi connectivity index (χ3v) is 2.69. The summed E-state index contributed by atoms with van der Waals surface area (Å²) < 4.78 is 15.7. The zero-order valence-electron chi connectivity index (χ0n) is 10.3. The van der Waals surface area contributed by atoms with Crippen LogP contribution in [0.5, 0.6) is 11.5 Å². The van der Waals surface area contributed by atoms with E-state index in [0.29, 0.717) is 36.9 Å². The number of ketones is 1. The van der Waals surface area contributed by atoms with Crippen molar-refractivity contribution in [2.45, 2.75) is 12.5 Å². The van der Waals surface area contributed by atoms with Gasteiger partial charge in [0.2, 0.25) is 0 Å². The Morgan fingerprint density at radius 2 is 2.11 bits per heavy atom. The van der Waals surface area contributed by atoms with Crippen LogP contribution in [0.3, 0.4) is 0 Å². The third-order valence-electron chi connectivity index (χ3n) is 2.69. The summed E-state index contributed by atoms with van der Waals surface area (Å²) in [5.74, 6) is 1.28. The van der Waals surface area contributed by atoms with E-state index in [1.807, 2.05) is 0 Å². The Morgan fingerprint density at radius 3 is 2.83 bits per heavy atom. The lowest BCUT2D eigenvalue weighted by Gasteiger charge is -2.18. The fourth-order valence-corrected chi connectivity index (χ4v) is 1.85. The van der Waals surface area contributed by atoms with Crippen LogP contribution in [0.25, 0.3) is 0 Å². The Bertz CT molecular complexity index is 433. The molecule has 1 unspecified atom stereocenters. The number of Topliss-reactive ketones (excluding diaryl/α,β-unsaturated/α-hetero) is 1. The standard InChI is InChI=1S/C13H17NO4/c1-16-8-10(14)7-11(15)9-2-3-12-13(6-9)18-5-4-17-12/h2-3,6,10H,4-5,7-8,14H2,1H3. The molecule has 2 rings (SSSR count). The smallest absolute Gasteiger partial charge is 0.164 e. The summed E-state index contributed by atoms with van der Waals surface area (Å²) in [4.78, 5) is 12.0. The molecule has 1 aliphatic rings. The van der Waals surface area contributed by atoms with Crippen molar-refractivity contribution in [1.82, 2.24) is 0 Å². The molecule has 0 aliphatic carbocycles. The van der Waals surface area contributed by atoms with Crippen molar-refractivity contribution in [2.75, 3.05) is 26.9 Å². The first-order valence-corrected chi connectivity index (χ1v) is 5.88. The van der Waals surface area contributed by atoms with Crippen LogP contribution in [-0.2, 0) is 4.74 Å². The second-order valence-electron chi connectivity index (χ2n) is 4.20. The van der Waals surface area contributed by atoms with Gasteiger partial charge in [0, 0.05) is 25.1 Å². The van der Waals surface area contributed by atoms with E-state index in [0.717, 1.165) is 0 Å². The second-order valence-corrected chi connectivity index (χ2v) is 4.20. The number of carbonyl (C=O) groups is 1. The largest absolute Gasteiger partial charge is 0.486 e. The minimum Gasteiger partial charge on any atom is -0.486 e. The van der Waals surface area contributed by atoms with Gasteiger partial charge in [0.1, 0.15) is 13.2 Å². The molecule has 0 amide bonds. The van der Waals surface area contributed by atoms with Crippen LogP contribution in [0, 0.1) is 0 Å². The highest BCUT2D eigenvalue weighted by atomic mass is 16.6. The van der Waals surface area contributed by atoms with Crippen molar-refractivity contribution >= 4 is 5.78 Å². The highest BCUT2D eigenvalue weighted by Crippen LogP contribution is 2.31. The van der Waals surface area contributed by atoms with E-state index in [4.69, 9.17) is 19.9 Å². The van der Waals surface area contributed by atoms with Crippen LogP contribution in [0.2, 0.25) is 0 Å². The molecule has 0 aromatic heterocycles. The number of carbonyl (C=O) groups excluding carboxylic acids is 1. The van der Waals surface area contributed by atoms with Crippen LogP contribution in [0.4, 0.5) is 0 Å². The lowest BCUT2D eigenvalue weighted by molar-refractivity contribution is 0.0948. The highest BCUT2D eigenvalue weighted by molar-refractivity contribution is 5.97. The molecular formula is C13H17NO4. The van der Waals surface area contributed by atoms with Crippen LogP contribution in [0.15, 0.2) is 18.2 Å². The normalized spacial score (nSPS) is 15.2. The number of benzene rings is 1. The number of hydrogen-bond donors (Lipinski definition) is 1. The predicted molar refractivity (Wildman–Crippen MR) is 66.2 cm³/mol. The van der Waals surface area contributed by atoms with Gasteiger partial charge in [-0.2, -0.15) is 0 Å². The van der Waals surface area contributed by atoms with Gasteiger partial charge in [0.05, 0.1) is 6.61 Å². The fraction of sp³-hybridized carbons (Fsp3) is 0.462. The molecule has 1 aromatic carbocycles. The fourth-order valence-electron chi connectivity index (χ4n) is 1.85. The summed E-state index contributed by atoms with van der Waals surface area (Å²) in [5, 5.41) is 0. The van der Waals surface area contributed by atoms with Gasteiger partial charge in [-0.15, -0.1) is 0 Å². The molecule has 5 nitrogen and oxygen atoms in total. The van der Waals surface area contributed by atoms with E-state index >= 15 is 0 Å². The molecule has 1 heterocycles. The average Bonchev–Trinajstić information content (AvgIpc) is 2.38. The van der Waals surface area contributed by atoms with Gasteiger partial charge < -0.3 is 19.9 Å². The van der Waals surface area contributed by atoms with Gasteiger partial charge in [-0.25, -0.2) is 0 Å². The molecule has 5 heteroatoms. The van der Waals surface area contributed by atoms with Crippen LogP contribution >= 0.6 is 0 Å². The summed E-state index contributed by atoms with van der Waals surface area (Å²) in [6.45, 7) is 1.42. The van der Waals surface area contributed by atoms with Gasteiger partial charge in [0.15, 0.2) is 17.3 Å². The molecule has 1 aromatic rings. The predicted octanol–water partition coefficient (Wildman–Crippen LogP) is 1.00. The Kier molecular flexibility index (Phi) is 4.17. The molecule has 0 fully saturated rings. The molecule has 1 atom stereocenters. The number of nitrogens with two attached hydrogens (primary N) is 1. The highest BCUT2D eigenvalue weighted by Gasteiger charge is 2.16. The van der Waals surface area contributed by atoms with Crippen molar-refractivity contribution in [1.29, 1.82) is 0 Å². The molecule has 2 N–H and O–H groups in total.